The number of hydrogen-bond acceptors (Lipinski definition) is 6. The Kier molecular flexibility index (Phi) is 4.27. The Hall–Kier alpha value is -1.34. The summed E-state index contributed by atoms with van der Waals surface area (Å²) >= 11 is 1.92. The van der Waals surface area contributed by atoms with Crippen molar-refractivity contribution in [1.29, 1.82) is 0 Å². The van der Waals surface area contributed by atoms with Crippen LogP contribution in [0.2, 0.25) is 0 Å². The number of H-pyrrole nitrogens is 1. The topological polar surface area (TPSA) is 68.8 Å². The monoisotopic (exact) mass is 325 g/mol. The fraction of sp³-hybridized carbons (Fsp3) is 0.667. The number of ether oxygens (including phenoxy) is 1. The van der Waals surface area contributed by atoms with Gasteiger partial charge in [-0.05, 0) is 13.8 Å². The molecule has 2 N–H and O–H groups in total. The maximum Gasteiger partial charge on any atom is 0.248 e. The largest absolute Gasteiger partial charge is 0.502 e. The van der Waals surface area contributed by atoms with E-state index in [9.17, 15) is 9.90 Å². The van der Waals surface area contributed by atoms with Crippen molar-refractivity contribution in [1.82, 2.24) is 4.98 Å². The number of hydrogen-bond donors (Lipinski definition) is 2. The van der Waals surface area contributed by atoms with Gasteiger partial charge >= 0.3 is 0 Å². The quantitative estimate of drug-likeness (QED) is 0.853. The Morgan fingerprint density at radius 1 is 1.27 bits per heavy atom. The van der Waals surface area contributed by atoms with E-state index in [4.69, 9.17) is 4.74 Å². The molecule has 0 saturated carbocycles. The minimum Gasteiger partial charge on any atom is -0.502 e. The maximum atomic E-state index is 12.5. The molecule has 1 aromatic rings. The Morgan fingerprint density at radius 3 is 2.68 bits per heavy atom. The molecule has 0 aromatic carbocycles. The second-order valence-corrected chi connectivity index (χ2v) is 8.13. The lowest BCUT2D eigenvalue weighted by molar-refractivity contribution is 0.122. The highest BCUT2D eigenvalue weighted by Crippen LogP contribution is 2.34. The molecule has 0 radical (unpaired) electrons. The summed E-state index contributed by atoms with van der Waals surface area (Å²) in [5, 5.41) is 10.4. The van der Waals surface area contributed by atoms with Gasteiger partial charge in [0, 0.05) is 42.9 Å². The van der Waals surface area contributed by atoms with Crippen LogP contribution in [0.1, 0.15) is 13.8 Å². The fourth-order valence-corrected chi connectivity index (χ4v) is 4.10. The molecule has 0 bridgehead atoms. The van der Waals surface area contributed by atoms with Crippen LogP contribution >= 0.6 is 11.8 Å². The van der Waals surface area contributed by atoms with E-state index in [1.54, 1.807) is 6.20 Å². The Labute approximate surface area is 134 Å². The summed E-state index contributed by atoms with van der Waals surface area (Å²) < 4.78 is 5.42. The second-order valence-electron chi connectivity index (χ2n) is 6.33. The molecule has 122 valence electrons. The third kappa shape index (κ3) is 3.05. The highest BCUT2D eigenvalue weighted by Gasteiger charge is 2.30. The van der Waals surface area contributed by atoms with Gasteiger partial charge in [-0.25, -0.2) is 0 Å². The molecule has 0 spiro atoms. The minimum absolute atomic E-state index is 0.116. The van der Waals surface area contributed by atoms with Gasteiger partial charge in [0.25, 0.3) is 0 Å². The lowest BCUT2D eigenvalue weighted by Crippen LogP contribution is -2.44. The van der Waals surface area contributed by atoms with Crippen molar-refractivity contribution in [2.45, 2.75) is 18.6 Å². The zero-order valence-corrected chi connectivity index (χ0v) is 13.9. The molecule has 2 fully saturated rings. The highest BCUT2D eigenvalue weighted by atomic mass is 32.2. The molecule has 6 nitrogen and oxygen atoms in total. The maximum absolute atomic E-state index is 12.5. The van der Waals surface area contributed by atoms with Crippen molar-refractivity contribution in [2.75, 3.05) is 54.9 Å². The predicted octanol–water partition coefficient (Wildman–Crippen LogP) is 1.25. The lowest BCUT2D eigenvalue weighted by atomic mass is 10.2. The van der Waals surface area contributed by atoms with Crippen molar-refractivity contribution in [2.24, 2.45) is 0 Å². The highest BCUT2D eigenvalue weighted by molar-refractivity contribution is 8.00. The number of rotatable bonds is 2. The second kappa shape index (κ2) is 6.04. The van der Waals surface area contributed by atoms with E-state index in [0.29, 0.717) is 37.8 Å². The molecular formula is C15H23N3O3S. The van der Waals surface area contributed by atoms with Crippen LogP contribution in [0.4, 0.5) is 11.5 Å². The third-order valence-electron chi connectivity index (χ3n) is 4.11. The number of pyridine rings is 1. The average molecular weight is 325 g/mol. The molecule has 2 aliphatic heterocycles. The summed E-state index contributed by atoms with van der Waals surface area (Å²) in [4.78, 5) is 19.7. The zero-order chi connectivity index (χ0) is 15.7. The van der Waals surface area contributed by atoms with Crippen LogP contribution in [0.3, 0.4) is 0 Å². The van der Waals surface area contributed by atoms with Gasteiger partial charge in [0.2, 0.25) is 11.2 Å². The molecular weight excluding hydrogens is 302 g/mol. The van der Waals surface area contributed by atoms with Gasteiger partial charge in [0.1, 0.15) is 5.69 Å². The van der Waals surface area contributed by atoms with Crippen LogP contribution in [-0.2, 0) is 4.74 Å². The number of nitrogens with zero attached hydrogens (tertiary/aromatic N) is 2. The molecule has 7 heteroatoms. The summed E-state index contributed by atoms with van der Waals surface area (Å²) in [5.41, 5.74) is 0.224. The molecule has 1 aromatic heterocycles. The van der Waals surface area contributed by atoms with Crippen molar-refractivity contribution < 1.29 is 9.84 Å². The first kappa shape index (κ1) is 15.6. The molecule has 2 saturated heterocycles. The molecule has 0 aliphatic carbocycles. The van der Waals surface area contributed by atoms with E-state index in [-0.39, 0.29) is 15.9 Å². The van der Waals surface area contributed by atoms with E-state index in [1.165, 1.54) is 0 Å². The van der Waals surface area contributed by atoms with Gasteiger partial charge in [-0.15, -0.1) is 0 Å². The average Bonchev–Trinajstić information content (AvgIpc) is 2.50. The fourth-order valence-electron chi connectivity index (χ4n) is 2.99. The van der Waals surface area contributed by atoms with E-state index < -0.39 is 0 Å². The molecule has 0 unspecified atom stereocenters. The van der Waals surface area contributed by atoms with Crippen LogP contribution in [0.5, 0.6) is 5.75 Å². The first-order valence-electron chi connectivity index (χ1n) is 7.64. The van der Waals surface area contributed by atoms with Crippen LogP contribution in [0, 0.1) is 0 Å². The lowest BCUT2D eigenvalue weighted by Gasteiger charge is -2.38. The van der Waals surface area contributed by atoms with Gasteiger partial charge in [-0.1, -0.05) is 0 Å². The number of aromatic nitrogens is 1. The Morgan fingerprint density at radius 2 is 2.00 bits per heavy atom. The Balaban J connectivity index is 1.88. The summed E-state index contributed by atoms with van der Waals surface area (Å²) in [6.45, 7) is 8.57. The van der Waals surface area contributed by atoms with Gasteiger partial charge < -0.3 is 24.6 Å². The van der Waals surface area contributed by atoms with Gasteiger partial charge in [-0.3, -0.25) is 4.79 Å². The SMILES string of the molecule is CC1(C)CN(c2[nH]cc(N3CCOCC3)c(=O)c2O)CCS1. The van der Waals surface area contributed by atoms with Crippen LogP contribution in [0.25, 0.3) is 0 Å². The number of aromatic amines is 1. The van der Waals surface area contributed by atoms with Crippen molar-refractivity contribution in [3.63, 3.8) is 0 Å². The number of morpholine rings is 1. The zero-order valence-electron chi connectivity index (χ0n) is 13.1. The standard InChI is InChI=1S/C15H23N3O3S/c1-15(2)10-18(5-8-22-15)14-13(20)12(19)11(9-16-14)17-3-6-21-7-4-17/h9,20H,3-8,10H2,1-2H3,(H,16,19). The van der Waals surface area contributed by atoms with E-state index in [1.807, 2.05) is 16.7 Å². The van der Waals surface area contributed by atoms with E-state index in [0.717, 1.165) is 18.8 Å². The number of thioether (sulfide) groups is 1. The first-order valence-corrected chi connectivity index (χ1v) is 8.63. The molecule has 3 rings (SSSR count). The van der Waals surface area contributed by atoms with Crippen molar-refractivity contribution >= 4 is 23.3 Å². The molecule has 22 heavy (non-hydrogen) atoms. The van der Waals surface area contributed by atoms with E-state index in [2.05, 4.69) is 23.7 Å². The van der Waals surface area contributed by atoms with Crippen molar-refractivity contribution in [3.05, 3.63) is 16.4 Å². The van der Waals surface area contributed by atoms with Crippen molar-refractivity contribution in [3.8, 4) is 5.75 Å². The minimum atomic E-state index is -0.299. The summed E-state index contributed by atoms with van der Waals surface area (Å²) in [6.07, 6.45) is 1.72. The number of anilines is 2. The van der Waals surface area contributed by atoms with E-state index >= 15 is 0 Å². The van der Waals surface area contributed by atoms with Crippen LogP contribution < -0.4 is 15.2 Å². The van der Waals surface area contributed by atoms with Crippen LogP contribution in [-0.4, -0.2) is 60.0 Å². The smallest absolute Gasteiger partial charge is 0.248 e. The molecule has 0 atom stereocenters. The Bertz CT molecular complexity index is 596. The molecule has 0 amide bonds. The summed E-state index contributed by atoms with van der Waals surface area (Å²) in [5.74, 6) is 1.35. The van der Waals surface area contributed by atoms with Crippen LogP contribution in [0.15, 0.2) is 11.0 Å². The van der Waals surface area contributed by atoms with Gasteiger partial charge in [-0.2, -0.15) is 11.8 Å². The van der Waals surface area contributed by atoms with Gasteiger partial charge in [0.15, 0.2) is 5.82 Å². The number of nitrogens with one attached hydrogen (secondary N) is 1. The summed E-state index contributed by atoms with van der Waals surface area (Å²) in [6, 6.07) is 0. The number of aromatic hydroxyl groups is 1. The normalized spacial score (nSPS) is 21.9. The molecule has 2 aliphatic rings. The molecule has 3 heterocycles. The summed E-state index contributed by atoms with van der Waals surface area (Å²) in [7, 11) is 0. The first-order chi connectivity index (χ1) is 10.5. The third-order valence-corrected chi connectivity index (χ3v) is 5.41. The predicted molar refractivity (Wildman–Crippen MR) is 90.5 cm³/mol. The van der Waals surface area contributed by atoms with Gasteiger partial charge in [0.05, 0.1) is 13.2 Å².